The van der Waals surface area contributed by atoms with Crippen molar-refractivity contribution in [1.29, 1.82) is 0 Å². The lowest BCUT2D eigenvalue weighted by Crippen LogP contribution is -2.22. The number of nitrogens with zero attached hydrogens (tertiary/aromatic N) is 3. The molecule has 236 valence electrons. The molecular formula is C42H54N3+. The molecule has 1 aliphatic rings. The Bertz CT molecular complexity index is 1470. The molecule has 0 radical (unpaired) electrons. The van der Waals surface area contributed by atoms with Gasteiger partial charge in [0, 0.05) is 61.5 Å². The first-order chi connectivity index (χ1) is 22.0. The van der Waals surface area contributed by atoms with Crippen molar-refractivity contribution >= 4 is 22.7 Å². The maximum atomic E-state index is 2.41. The van der Waals surface area contributed by atoms with Gasteiger partial charge in [-0.1, -0.05) is 84.5 Å². The van der Waals surface area contributed by atoms with Gasteiger partial charge in [-0.05, 0) is 95.0 Å². The van der Waals surface area contributed by atoms with Gasteiger partial charge < -0.3 is 9.80 Å². The van der Waals surface area contributed by atoms with Gasteiger partial charge in [-0.2, -0.15) is 0 Å². The molecule has 1 atom stereocenters. The third-order valence-corrected chi connectivity index (χ3v) is 9.18. The number of rotatable bonds is 14. The second-order valence-corrected chi connectivity index (χ2v) is 11.7. The molecular weight excluding hydrogens is 546 g/mol. The van der Waals surface area contributed by atoms with Crippen LogP contribution >= 0.6 is 0 Å². The van der Waals surface area contributed by atoms with E-state index < -0.39 is 0 Å². The molecule has 0 bridgehead atoms. The number of anilines is 2. The van der Waals surface area contributed by atoms with E-state index in [1.807, 2.05) is 0 Å². The summed E-state index contributed by atoms with van der Waals surface area (Å²) in [6, 6.07) is 27.2. The summed E-state index contributed by atoms with van der Waals surface area (Å²) in [5.74, 6) is 0.506. The first-order valence-electron chi connectivity index (χ1n) is 17.1. The second kappa shape index (κ2) is 16.8. The third-order valence-electron chi connectivity index (χ3n) is 9.18. The molecule has 0 heterocycles. The van der Waals surface area contributed by atoms with Crippen LogP contribution in [-0.4, -0.2) is 49.6 Å². The van der Waals surface area contributed by atoms with E-state index in [0.717, 1.165) is 39.3 Å². The van der Waals surface area contributed by atoms with Gasteiger partial charge in [0.05, 0.1) is 0 Å². The number of allylic oxidation sites excluding steroid dienone is 7. The van der Waals surface area contributed by atoms with Crippen LogP contribution in [0.2, 0.25) is 0 Å². The van der Waals surface area contributed by atoms with Gasteiger partial charge in [0.1, 0.15) is 13.1 Å². The van der Waals surface area contributed by atoms with Gasteiger partial charge in [0.2, 0.25) is 0 Å². The maximum absolute atomic E-state index is 2.41. The molecule has 0 aromatic heterocycles. The fourth-order valence-corrected chi connectivity index (χ4v) is 6.34. The van der Waals surface area contributed by atoms with Crippen molar-refractivity contribution in [1.82, 2.24) is 0 Å². The van der Waals surface area contributed by atoms with Crippen molar-refractivity contribution in [2.75, 3.05) is 49.1 Å². The Kier molecular flexibility index (Phi) is 12.6. The number of hydrogen-bond donors (Lipinski definition) is 0. The standard InChI is InChI=1S/C42H54N3/c1-8-43(9-2)38-27-21-35(22-28-38)41(34-19-17-33(7)18-20-34)15-14-16-42(36-23-29-39(30-24-36)44(10-3)11-4)37-25-31-40(32-26-37)45(12-5)13-6/h14-32,36,42H,8-13H2,1-7H3/q+1/b16-14+,41-15-. The molecule has 1 unspecified atom stereocenters. The van der Waals surface area contributed by atoms with Crippen LogP contribution in [0.1, 0.15) is 69.7 Å². The van der Waals surface area contributed by atoms with Gasteiger partial charge in [-0.25, -0.2) is 4.58 Å². The molecule has 0 aliphatic heterocycles. The third kappa shape index (κ3) is 8.54. The Balaban J connectivity index is 1.73. The zero-order valence-corrected chi connectivity index (χ0v) is 28.7. The van der Waals surface area contributed by atoms with Crippen LogP contribution < -0.4 is 9.80 Å². The minimum absolute atomic E-state index is 0.224. The largest absolute Gasteiger partial charge is 0.372 e. The van der Waals surface area contributed by atoms with Crippen molar-refractivity contribution in [2.24, 2.45) is 5.92 Å². The van der Waals surface area contributed by atoms with E-state index in [-0.39, 0.29) is 11.8 Å². The number of hydrogen-bond acceptors (Lipinski definition) is 2. The summed E-state index contributed by atoms with van der Waals surface area (Å²) in [6.45, 7) is 21.6. The highest BCUT2D eigenvalue weighted by Crippen LogP contribution is 2.33. The SMILES string of the molecule is CCN(CC)c1ccc(/C(=C\C=C\C(c2ccc(N(CC)CC)cc2)C2C=CC(=[N+](CC)CC)C=C2)c2ccc(C)cc2)cc1. The highest BCUT2D eigenvalue weighted by Gasteiger charge is 2.21. The first-order valence-corrected chi connectivity index (χ1v) is 17.1. The summed E-state index contributed by atoms with van der Waals surface area (Å²) < 4.78 is 2.41. The summed E-state index contributed by atoms with van der Waals surface area (Å²) in [6.07, 6.45) is 16.4. The van der Waals surface area contributed by atoms with Crippen LogP contribution in [0.5, 0.6) is 0 Å². The monoisotopic (exact) mass is 600 g/mol. The fraction of sp³-hybridized carbons (Fsp3) is 0.357. The molecule has 3 heteroatoms. The van der Waals surface area contributed by atoms with Crippen molar-refractivity contribution < 1.29 is 4.58 Å². The lowest BCUT2D eigenvalue weighted by atomic mass is 9.82. The quantitative estimate of drug-likeness (QED) is 0.135. The molecule has 1 aliphatic carbocycles. The summed E-state index contributed by atoms with van der Waals surface area (Å²) in [7, 11) is 0. The maximum Gasteiger partial charge on any atom is 0.199 e. The molecule has 0 fully saturated rings. The van der Waals surface area contributed by atoms with E-state index >= 15 is 0 Å². The average Bonchev–Trinajstić information content (AvgIpc) is 3.08. The van der Waals surface area contributed by atoms with Gasteiger partial charge in [0.15, 0.2) is 5.71 Å². The zero-order valence-electron chi connectivity index (χ0n) is 28.7. The Morgan fingerprint density at radius 3 is 1.60 bits per heavy atom. The van der Waals surface area contributed by atoms with E-state index in [2.05, 4.69) is 178 Å². The fourth-order valence-electron chi connectivity index (χ4n) is 6.34. The minimum Gasteiger partial charge on any atom is -0.372 e. The topological polar surface area (TPSA) is 9.49 Å². The number of benzene rings is 3. The average molecular weight is 601 g/mol. The molecule has 3 aromatic rings. The van der Waals surface area contributed by atoms with Crippen LogP contribution in [0, 0.1) is 12.8 Å². The van der Waals surface area contributed by atoms with Crippen molar-refractivity contribution in [3.05, 3.63) is 138 Å². The molecule has 0 amide bonds. The lowest BCUT2D eigenvalue weighted by Gasteiger charge is -2.24. The van der Waals surface area contributed by atoms with Gasteiger partial charge in [-0.3, -0.25) is 0 Å². The molecule has 3 aromatic carbocycles. The van der Waals surface area contributed by atoms with Gasteiger partial charge >= 0.3 is 0 Å². The van der Waals surface area contributed by atoms with Crippen LogP contribution in [0.3, 0.4) is 0 Å². The predicted octanol–water partition coefficient (Wildman–Crippen LogP) is 9.69. The molecule has 0 saturated carbocycles. The highest BCUT2D eigenvalue weighted by atomic mass is 15.1. The first kappa shape index (κ1) is 33.8. The number of aryl methyl sites for hydroxylation is 1. The summed E-state index contributed by atoms with van der Waals surface area (Å²) >= 11 is 0. The van der Waals surface area contributed by atoms with Gasteiger partial charge in [0.25, 0.3) is 0 Å². The van der Waals surface area contributed by atoms with Crippen molar-refractivity contribution in [3.63, 3.8) is 0 Å². The van der Waals surface area contributed by atoms with Crippen LogP contribution in [0.15, 0.2) is 115 Å². The smallest absolute Gasteiger partial charge is 0.199 e. The van der Waals surface area contributed by atoms with Gasteiger partial charge in [-0.15, -0.1) is 0 Å². The minimum atomic E-state index is 0.224. The second-order valence-electron chi connectivity index (χ2n) is 11.7. The molecule has 0 N–H and O–H groups in total. The molecule has 4 rings (SSSR count). The van der Waals surface area contributed by atoms with E-state index in [4.69, 9.17) is 0 Å². The van der Waals surface area contributed by atoms with Crippen LogP contribution in [-0.2, 0) is 0 Å². The Morgan fingerprint density at radius 1 is 0.667 bits per heavy atom. The Morgan fingerprint density at radius 2 is 1.13 bits per heavy atom. The zero-order chi connectivity index (χ0) is 32.2. The van der Waals surface area contributed by atoms with E-state index in [0.29, 0.717) is 0 Å². The normalized spacial score (nSPS) is 15.5. The molecule has 0 saturated heterocycles. The van der Waals surface area contributed by atoms with E-state index in [9.17, 15) is 0 Å². The summed E-state index contributed by atoms with van der Waals surface area (Å²) in [4.78, 5) is 4.80. The predicted molar refractivity (Wildman–Crippen MR) is 198 cm³/mol. The van der Waals surface area contributed by atoms with E-state index in [1.165, 1.54) is 44.9 Å². The Labute approximate surface area is 273 Å². The van der Waals surface area contributed by atoms with Crippen molar-refractivity contribution in [3.8, 4) is 0 Å². The molecule has 45 heavy (non-hydrogen) atoms. The molecule has 0 spiro atoms. The van der Waals surface area contributed by atoms with E-state index in [1.54, 1.807) is 0 Å². The lowest BCUT2D eigenvalue weighted by molar-refractivity contribution is -0.519. The summed E-state index contributed by atoms with van der Waals surface area (Å²) in [5.41, 5.74) is 10.2. The van der Waals surface area contributed by atoms with Crippen LogP contribution in [0.4, 0.5) is 11.4 Å². The van der Waals surface area contributed by atoms with Crippen molar-refractivity contribution in [2.45, 2.75) is 54.4 Å². The van der Waals surface area contributed by atoms with Crippen LogP contribution in [0.25, 0.3) is 5.57 Å². The Hall–Kier alpha value is -4.11. The highest BCUT2D eigenvalue weighted by molar-refractivity contribution is 6.01. The molecule has 3 nitrogen and oxygen atoms in total. The summed E-state index contributed by atoms with van der Waals surface area (Å²) in [5, 5.41) is 0.